The molecule has 0 saturated carbocycles. The molecule has 0 saturated heterocycles. The molecule has 0 atom stereocenters. The summed E-state index contributed by atoms with van der Waals surface area (Å²) in [5.74, 6) is 1.06. The molecular weight excluding hydrogens is 214 g/mol. The summed E-state index contributed by atoms with van der Waals surface area (Å²) in [4.78, 5) is 22.7. The molecule has 0 aliphatic heterocycles. The van der Waals surface area contributed by atoms with Gasteiger partial charge in [0, 0.05) is 29.7 Å². The van der Waals surface area contributed by atoms with Crippen LogP contribution in [0.25, 0.3) is 11.4 Å². The first-order valence-corrected chi connectivity index (χ1v) is 5.66. The first-order chi connectivity index (χ1) is 8.15. The van der Waals surface area contributed by atoms with Gasteiger partial charge in [-0.25, -0.2) is 4.98 Å². The summed E-state index contributed by atoms with van der Waals surface area (Å²) >= 11 is 0. The smallest absolute Gasteiger partial charge is 0.251 e. The van der Waals surface area contributed by atoms with Crippen LogP contribution in [0, 0.1) is 5.92 Å². The molecule has 0 aliphatic rings. The quantitative estimate of drug-likeness (QED) is 0.876. The van der Waals surface area contributed by atoms with Gasteiger partial charge in [0.25, 0.3) is 5.56 Å². The van der Waals surface area contributed by atoms with Crippen LogP contribution in [0.15, 0.2) is 35.4 Å². The molecule has 0 aromatic carbocycles. The van der Waals surface area contributed by atoms with E-state index >= 15 is 0 Å². The number of aromatic nitrogens is 3. The maximum atomic E-state index is 11.5. The highest BCUT2D eigenvalue weighted by Gasteiger charge is 2.05. The number of hydrogen-bond donors (Lipinski definition) is 1. The lowest BCUT2D eigenvalue weighted by Gasteiger charge is -2.06. The van der Waals surface area contributed by atoms with E-state index in [2.05, 4.69) is 28.8 Å². The maximum absolute atomic E-state index is 11.5. The molecule has 0 unspecified atom stereocenters. The number of pyridine rings is 1. The zero-order chi connectivity index (χ0) is 12.3. The molecule has 88 valence electrons. The first-order valence-electron chi connectivity index (χ1n) is 5.66. The minimum Gasteiger partial charge on any atom is -0.306 e. The molecule has 0 spiro atoms. The molecule has 4 heteroatoms. The van der Waals surface area contributed by atoms with Gasteiger partial charge in [-0.15, -0.1) is 0 Å². The number of nitrogens with zero attached hydrogens (tertiary/aromatic N) is 2. The number of nitrogens with one attached hydrogen (secondary N) is 1. The van der Waals surface area contributed by atoms with Crippen LogP contribution in [0.3, 0.4) is 0 Å². The van der Waals surface area contributed by atoms with E-state index in [0.29, 0.717) is 11.7 Å². The predicted molar refractivity (Wildman–Crippen MR) is 66.6 cm³/mol. The van der Waals surface area contributed by atoms with Crippen molar-refractivity contribution < 1.29 is 0 Å². The molecule has 0 radical (unpaired) electrons. The van der Waals surface area contributed by atoms with Crippen molar-refractivity contribution in [3.8, 4) is 11.4 Å². The largest absolute Gasteiger partial charge is 0.306 e. The fourth-order valence-corrected chi connectivity index (χ4v) is 1.67. The highest BCUT2D eigenvalue weighted by Crippen LogP contribution is 2.12. The summed E-state index contributed by atoms with van der Waals surface area (Å²) < 4.78 is 0. The Morgan fingerprint density at radius 3 is 2.88 bits per heavy atom. The van der Waals surface area contributed by atoms with Crippen LogP contribution < -0.4 is 5.56 Å². The van der Waals surface area contributed by atoms with Gasteiger partial charge in [-0.1, -0.05) is 13.8 Å². The first kappa shape index (κ1) is 11.5. The van der Waals surface area contributed by atoms with Crippen LogP contribution >= 0.6 is 0 Å². The van der Waals surface area contributed by atoms with Crippen LogP contribution in [0.5, 0.6) is 0 Å². The highest BCUT2D eigenvalue weighted by atomic mass is 16.1. The van der Waals surface area contributed by atoms with Crippen molar-refractivity contribution in [2.24, 2.45) is 5.92 Å². The Hall–Kier alpha value is -1.97. The molecular formula is C13H15N3O. The van der Waals surface area contributed by atoms with E-state index in [0.717, 1.165) is 17.7 Å². The minimum atomic E-state index is -0.116. The average Bonchev–Trinajstić information content (AvgIpc) is 2.28. The Kier molecular flexibility index (Phi) is 3.32. The van der Waals surface area contributed by atoms with Crippen molar-refractivity contribution in [2.45, 2.75) is 20.3 Å². The Labute approximate surface area is 99.8 Å². The summed E-state index contributed by atoms with van der Waals surface area (Å²) in [5, 5.41) is 0. The second kappa shape index (κ2) is 4.91. The fraction of sp³-hybridized carbons (Fsp3) is 0.308. The van der Waals surface area contributed by atoms with Crippen molar-refractivity contribution in [1.82, 2.24) is 15.0 Å². The highest BCUT2D eigenvalue weighted by molar-refractivity contribution is 5.52. The van der Waals surface area contributed by atoms with Crippen molar-refractivity contribution in [3.63, 3.8) is 0 Å². The Balaban J connectivity index is 2.42. The maximum Gasteiger partial charge on any atom is 0.251 e. The second-order valence-electron chi connectivity index (χ2n) is 4.43. The SMILES string of the molecule is CC(C)Cc1cc(=O)[nH]c(-c2cccnc2)n1. The molecule has 1 N–H and O–H groups in total. The third-order valence-corrected chi connectivity index (χ3v) is 2.35. The molecule has 0 bridgehead atoms. The topological polar surface area (TPSA) is 58.6 Å². The Morgan fingerprint density at radius 2 is 2.24 bits per heavy atom. The molecule has 0 fully saturated rings. The molecule has 17 heavy (non-hydrogen) atoms. The lowest BCUT2D eigenvalue weighted by atomic mass is 10.1. The molecule has 2 aromatic heterocycles. The van der Waals surface area contributed by atoms with Crippen LogP contribution in [0.1, 0.15) is 19.5 Å². The lowest BCUT2D eigenvalue weighted by Crippen LogP contribution is -2.11. The third kappa shape index (κ3) is 3.00. The van der Waals surface area contributed by atoms with Gasteiger partial charge in [0.2, 0.25) is 0 Å². The molecule has 2 aromatic rings. The van der Waals surface area contributed by atoms with Gasteiger partial charge in [-0.2, -0.15) is 0 Å². The van der Waals surface area contributed by atoms with E-state index in [1.165, 1.54) is 0 Å². The third-order valence-electron chi connectivity index (χ3n) is 2.35. The molecule has 0 amide bonds. The molecule has 0 aliphatic carbocycles. The number of hydrogen-bond acceptors (Lipinski definition) is 3. The lowest BCUT2D eigenvalue weighted by molar-refractivity contribution is 0.634. The Morgan fingerprint density at radius 1 is 1.41 bits per heavy atom. The van der Waals surface area contributed by atoms with Gasteiger partial charge in [-0.05, 0) is 24.5 Å². The van der Waals surface area contributed by atoms with Crippen LogP contribution in [-0.4, -0.2) is 15.0 Å². The van der Waals surface area contributed by atoms with Crippen molar-refractivity contribution >= 4 is 0 Å². The number of rotatable bonds is 3. The van der Waals surface area contributed by atoms with Gasteiger partial charge >= 0.3 is 0 Å². The molecule has 2 heterocycles. The average molecular weight is 229 g/mol. The summed E-state index contributed by atoms with van der Waals surface area (Å²) in [6.45, 7) is 4.21. The minimum absolute atomic E-state index is 0.116. The van der Waals surface area contributed by atoms with E-state index in [9.17, 15) is 4.79 Å². The van der Waals surface area contributed by atoms with Gasteiger partial charge in [-0.3, -0.25) is 9.78 Å². The summed E-state index contributed by atoms with van der Waals surface area (Å²) in [6.07, 6.45) is 4.19. The summed E-state index contributed by atoms with van der Waals surface area (Å²) in [7, 11) is 0. The monoisotopic (exact) mass is 229 g/mol. The van der Waals surface area contributed by atoms with Crippen LogP contribution in [-0.2, 0) is 6.42 Å². The van der Waals surface area contributed by atoms with E-state index < -0.39 is 0 Å². The van der Waals surface area contributed by atoms with Crippen molar-refractivity contribution in [1.29, 1.82) is 0 Å². The standard InChI is InChI=1S/C13H15N3O/c1-9(2)6-11-7-12(17)16-13(15-11)10-4-3-5-14-8-10/h3-5,7-9H,6H2,1-2H3,(H,15,16,17). The van der Waals surface area contributed by atoms with E-state index in [1.807, 2.05) is 12.1 Å². The Bertz CT molecular complexity index is 546. The normalized spacial score (nSPS) is 10.8. The molecule has 4 nitrogen and oxygen atoms in total. The van der Waals surface area contributed by atoms with Crippen LogP contribution in [0.2, 0.25) is 0 Å². The van der Waals surface area contributed by atoms with Crippen molar-refractivity contribution in [3.05, 3.63) is 46.6 Å². The zero-order valence-corrected chi connectivity index (χ0v) is 9.97. The fourth-order valence-electron chi connectivity index (χ4n) is 1.67. The van der Waals surface area contributed by atoms with Gasteiger partial charge in [0.15, 0.2) is 0 Å². The van der Waals surface area contributed by atoms with Gasteiger partial charge < -0.3 is 4.98 Å². The predicted octanol–water partition coefficient (Wildman–Crippen LogP) is 2.03. The van der Waals surface area contributed by atoms with Gasteiger partial charge in [0.1, 0.15) is 5.82 Å². The second-order valence-corrected chi connectivity index (χ2v) is 4.43. The summed E-state index contributed by atoms with van der Waals surface area (Å²) in [5.41, 5.74) is 1.53. The number of aromatic amines is 1. The van der Waals surface area contributed by atoms with E-state index in [1.54, 1.807) is 18.5 Å². The van der Waals surface area contributed by atoms with Crippen molar-refractivity contribution in [2.75, 3.05) is 0 Å². The molecule has 2 rings (SSSR count). The van der Waals surface area contributed by atoms with E-state index in [-0.39, 0.29) is 5.56 Å². The number of H-pyrrole nitrogens is 1. The van der Waals surface area contributed by atoms with E-state index in [4.69, 9.17) is 0 Å². The van der Waals surface area contributed by atoms with Crippen LogP contribution in [0.4, 0.5) is 0 Å². The van der Waals surface area contributed by atoms with Gasteiger partial charge in [0.05, 0.1) is 0 Å². The summed E-state index contributed by atoms with van der Waals surface area (Å²) in [6, 6.07) is 5.26. The zero-order valence-electron chi connectivity index (χ0n) is 9.97.